The molecule has 5 nitrogen and oxygen atoms in total. The van der Waals surface area contributed by atoms with Crippen LogP contribution in [0.1, 0.15) is 23.8 Å². The van der Waals surface area contributed by atoms with Crippen LogP contribution in [-0.4, -0.2) is 27.4 Å². The average Bonchev–Trinajstić information content (AvgIpc) is 2.85. The molecule has 1 aromatic heterocycles. The average molecular weight is 248 g/mol. The van der Waals surface area contributed by atoms with Crippen molar-refractivity contribution < 1.29 is 9.18 Å². The SMILES string of the molecule is CCCNC(=O)c1cn(-c2cccc(F)c2)nn1. The van der Waals surface area contributed by atoms with Crippen LogP contribution in [0.5, 0.6) is 0 Å². The zero-order valence-electron chi connectivity index (χ0n) is 9.93. The van der Waals surface area contributed by atoms with Crippen molar-refractivity contribution in [3.8, 4) is 5.69 Å². The van der Waals surface area contributed by atoms with Gasteiger partial charge in [-0.2, -0.15) is 0 Å². The van der Waals surface area contributed by atoms with Crippen LogP contribution in [0.4, 0.5) is 4.39 Å². The van der Waals surface area contributed by atoms with Gasteiger partial charge in [-0.1, -0.05) is 18.2 Å². The summed E-state index contributed by atoms with van der Waals surface area (Å²) in [6, 6.07) is 5.92. The molecule has 0 unspecified atom stereocenters. The molecule has 0 saturated heterocycles. The van der Waals surface area contributed by atoms with Gasteiger partial charge in [-0.25, -0.2) is 9.07 Å². The molecule has 0 aliphatic heterocycles. The number of carbonyl (C=O) groups is 1. The Hall–Kier alpha value is -2.24. The normalized spacial score (nSPS) is 10.3. The molecule has 0 bridgehead atoms. The summed E-state index contributed by atoms with van der Waals surface area (Å²) in [6.45, 7) is 2.55. The van der Waals surface area contributed by atoms with Gasteiger partial charge in [-0.15, -0.1) is 5.10 Å². The van der Waals surface area contributed by atoms with E-state index in [1.165, 1.54) is 23.0 Å². The second-order valence-corrected chi connectivity index (χ2v) is 3.78. The lowest BCUT2D eigenvalue weighted by Gasteiger charge is -1.99. The Morgan fingerprint density at radius 3 is 3.06 bits per heavy atom. The second kappa shape index (κ2) is 5.39. The highest BCUT2D eigenvalue weighted by atomic mass is 19.1. The van der Waals surface area contributed by atoms with Crippen molar-refractivity contribution in [3.63, 3.8) is 0 Å². The van der Waals surface area contributed by atoms with Crippen LogP contribution in [0.25, 0.3) is 5.69 Å². The largest absolute Gasteiger partial charge is 0.351 e. The summed E-state index contributed by atoms with van der Waals surface area (Å²) >= 11 is 0. The smallest absolute Gasteiger partial charge is 0.273 e. The van der Waals surface area contributed by atoms with Crippen molar-refractivity contribution >= 4 is 5.91 Å². The van der Waals surface area contributed by atoms with Crippen molar-refractivity contribution in [2.75, 3.05) is 6.54 Å². The molecule has 1 amide bonds. The fourth-order valence-corrected chi connectivity index (χ4v) is 1.44. The third-order valence-electron chi connectivity index (χ3n) is 2.33. The molecule has 0 atom stereocenters. The maximum Gasteiger partial charge on any atom is 0.273 e. The van der Waals surface area contributed by atoms with E-state index < -0.39 is 0 Å². The summed E-state index contributed by atoms with van der Waals surface area (Å²) in [5.41, 5.74) is 0.741. The Labute approximate surface area is 104 Å². The first kappa shape index (κ1) is 12.2. The van der Waals surface area contributed by atoms with E-state index in [-0.39, 0.29) is 17.4 Å². The molecule has 0 radical (unpaired) electrons. The lowest BCUT2D eigenvalue weighted by Crippen LogP contribution is -2.24. The minimum atomic E-state index is -0.361. The minimum Gasteiger partial charge on any atom is -0.351 e. The van der Waals surface area contributed by atoms with E-state index >= 15 is 0 Å². The van der Waals surface area contributed by atoms with Gasteiger partial charge in [0.15, 0.2) is 5.69 Å². The topological polar surface area (TPSA) is 59.8 Å². The number of aromatic nitrogens is 3. The van der Waals surface area contributed by atoms with E-state index in [1.807, 2.05) is 6.92 Å². The van der Waals surface area contributed by atoms with Crippen LogP contribution >= 0.6 is 0 Å². The van der Waals surface area contributed by atoms with Crippen molar-refractivity contribution in [3.05, 3.63) is 42.0 Å². The van der Waals surface area contributed by atoms with Crippen LogP contribution < -0.4 is 5.32 Å². The van der Waals surface area contributed by atoms with Gasteiger partial charge >= 0.3 is 0 Å². The Bertz CT molecular complexity index is 553. The molecule has 2 aromatic rings. The quantitative estimate of drug-likeness (QED) is 0.893. The maximum absolute atomic E-state index is 13.0. The number of rotatable bonds is 4. The molecule has 2 rings (SSSR count). The third kappa shape index (κ3) is 2.71. The van der Waals surface area contributed by atoms with Crippen LogP contribution in [0.2, 0.25) is 0 Å². The van der Waals surface area contributed by atoms with E-state index in [0.29, 0.717) is 12.2 Å². The molecule has 94 valence electrons. The number of nitrogens with one attached hydrogen (secondary N) is 1. The first-order chi connectivity index (χ1) is 8.70. The molecule has 0 fully saturated rings. The molecular formula is C12H13FN4O. The number of halogens is 1. The number of amides is 1. The van der Waals surface area contributed by atoms with Gasteiger partial charge in [0.05, 0.1) is 11.9 Å². The van der Waals surface area contributed by atoms with E-state index in [9.17, 15) is 9.18 Å². The van der Waals surface area contributed by atoms with Crippen molar-refractivity contribution in [1.29, 1.82) is 0 Å². The van der Waals surface area contributed by atoms with Gasteiger partial charge in [0.2, 0.25) is 0 Å². The van der Waals surface area contributed by atoms with E-state index in [2.05, 4.69) is 15.6 Å². The summed E-state index contributed by atoms with van der Waals surface area (Å²) in [7, 11) is 0. The maximum atomic E-state index is 13.0. The summed E-state index contributed by atoms with van der Waals surface area (Å²) in [5, 5.41) is 10.2. The van der Waals surface area contributed by atoms with Crippen molar-refractivity contribution in [2.24, 2.45) is 0 Å². The van der Waals surface area contributed by atoms with Gasteiger partial charge < -0.3 is 5.32 Å². The Balaban J connectivity index is 2.17. The summed E-state index contributed by atoms with van der Waals surface area (Å²) in [6.07, 6.45) is 2.32. The van der Waals surface area contributed by atoms with Crippen LogP contribution in [0.3, 0.4) is 0 Å². The monoisotopic (exact) mass is 248 g/mol. The van der Waals surface area contributed by atoms with E-state index in [4.69, 9.17) is 0 Å². The van der Waals surface area contributed by atoms with Gasteiger partial charge in [-0.05, 0) is 24.6 Å². The zero-order chi connectivity index (χ0) is 13.0. The summed E-state index contributed by atoms with van der Waals surface area (Å²) in [5.74, 6) is -0.639. The highest BCUT2D eigenvalue weighted by Crippen LogP contribution is 2.08. The number of benzene rings is 1. The number of nitrogens with zero attached hydrogens (tertiary/aromatic N) is 3. The highest BCUT2D eigenvalue weighted by Gasteiger charge is 2.10. The van der Waals surface area contributed by atoms with Gasteiger partial charge in [0.25, 0.3) is 5.91 Å². The number of hydrogen-bond donors (Lipinski definition) is 1. The molecule has 0 saturated carbocycles. The van der Waals surface area contributed by atoms with Crippen LogP contribution in [0.15, 0.2) is 30.5 Å². The summed E-state index contributed by atoms with van der Waals surface area (Å²) in [4.78, 5) is 11.6. The molecule has 6 heteroatoms. The predicted molar refractivity (Wildman–Crippen MR) is 63.9 cm³/mol. The minimum absolute atomic E-state index is 0.215. The molecule has 18 heavy (non-hydrogen) atoms. The lowest BCUT2D eigenvalue weighted by atomic mass is 10.3. The molecule has 1 aromatic carbocycles. The molecular weight excluding hydrogens is 235 g/mol. The van der Waals surface area contributed by atoms with Gasteiger partial charge in [0, 0.05) is 6.54 Å². The van der Waals surface area contributed by atoms with E-state index in [0.717, 1.165) is 6.42 Å². The standard InChI is InChI=1S/C12H13FN4O/c1-2-6-14-12(18)11-8-17(16-15-11)10-5-3-4-9(13)7-10/h3-5,7-8H,2,6H2,1H3,(H,14,18). The number of hydrogen-bond acceptors (Lipinski definition) is 3. The summed E-state index contributed by atoms with van der Waals surface area (Å²) < 4.78 is 14.4. The Kier molecular flexibility index (Phi) is 3.66. The molecule has 0 spiro atoms. The van der Waals surface area contributed by atoms with Gasteiger partial charge in [-0.3, -0.25) is 4.79 Å². The first-order valence-electron chi connectivity index (χ1n) is 5.67. The van der Waals surface area contributed by atoms with Crippen LogP contribution in [-0.2, 0) is 0 Å². The molecule has 0 aliphatic carbocycles. The fourth-order valence-electron chi connectivity index (χ4n) is 1.44. The van der Waals surface area contributed by atoms with Crippen molar-refractivity contribution in [1.82, 2.24) is 20.3 Å². The Morgan fingerprint density at radius 2 is 2.33 bits per heavy atom. The third-order valence-corrected chi connectivity index (χ3v) is 2.33. The van der Waals surface area contributed by atoms with E-state index in [1.54, 1.807) is 12.1 Å². The molecule has 1 N–H and O–H groups in total. The predicted octanol–water partition coefficient (Wildman–Crippen LogP) is 1.55. The highest BCUT2D eigenvalue weighted by molar-refractivity contribution is 5.91. The lowest BCUT2D eigenvalue weighted by molar-refractivity contribution is 0.0948. The Morgan fingerprint density at radius 1 is 1.50 bits per heavy atom. The molecule has 0 aliphatic rings. The van der Waals surface area contributed by atoms with Gasteiger partial charge in [0.1, 0.15) is 5.82 Å². The zero-order valence-corrected chi connectivity index (χ0v) is 9.93. The van der Waals surface area contributed by atoms with Crippen molar-refractivity contribution in [2.45, 2.75) is 13.3 Å². The number of carbonyl (C=O) groups excluding carboxylic acids is 1. The fraction of sp³-hybridized carbons (Fsp3) is 0.250. The second-order valence-electron chi connectivity index (χ2n) is 3.78. The first-order valence-corrected chi connectivity index (χ1v) is 5.67. The van der Waals surface area contributed by atoms with Crippen LogP contribution in [0, 0.1) is 5.82 Å². The molecule has 1 heterocycles.